The van der Waals surface area contributed by atoms with Crippen molar-refractivity contribution in [3.8, 4) is 11.1 Å². The van der Waals surface area contributed by atoms with Crippen molar-refractivity contribution in [2.24, 2.45) is 0 Å². The average Bonchev–Trinajstić information content (AvgIpc) is 3.31. The molecule has 3 nitrogen and oxygen atoms in total. The zero-order valence-corrected chi connectivity index (χ0v) is 28.3. The highest BCUT2D eigenvalue weighted by Crippen LogP contribution is 2.57. The van der Waals surface area contributed by atoms with E-state index in [4.69, 9.17) is 9.31 Å². The van der Waals surface area contributed by atoms with Gasteiger partial charge in [-0.2, -0.15) is 0 Å². The highest BCUT2D eigenvalue weighted by Gasteiger charge is 2.52. The summed E-state index contributed by atoms with van der Waals surface area (Å²) < 4.78 is 12.9. The van der Waals surface area contributed by atoms with Crippen molar-refractivity contribution in [3.05, 3.63) is 107 Å². The van der Waals surface area contributed by atoms with E-state index in [0.717, 1.165) is 5.46 Å². The molecule has 2 heterocycles. The first-order valence-electron chi connectivity index (χ1n) is 16.1. The van der Waals surface area contributed by atoms with E-state index in [1.807, 2.05) is 0 Å². The van der Waals surface area contributed by atoms with Gasteiger partial charge in [0.25, 0.3) is 0 Å². The van der Waals surface area contributed by atoms with E-state index in [0.29, 0.717) is 0 Å². The Balaban J connectivity index is 1.39. The van der Waals surface area contributed by atoms with Crippen LogP contribution < -0.4 is 10.4 Å². The lowest BCUT2D eigenvalue weighted by atomic mass is 9.71. The molecule has 1 aliphatic carbocycles. The van der Waals surface area contributed by atoms with E-state index >= 15 is 0 Å². The molecule has 2 aliphatic heterocycles. The third kappa shape index (κ3) is 4.10. The third-order valence-electron chi connectivity index (χ3n) is 11.1. The molecule has 0 aromatic heterocycles. The van der Waals surface area contributed by atoms with Crippen molar-refractivity contribution in [1.82, 2.24) is 0 Å². The smallest absolute Gasteiger partial charge is 0.399 e. The van der Waals surface area contributed by atoms with Gasteiger partial charge < -0.3 is 14.2 Å². The summed E-state index contributed by atoms with van der Waals surface area (Å²) in [6.45, 7) is 24.8. The monoisotopic (exact) mass is 583 g/mol. The number of nitrogens with zero attached hydrogens (tertiary/aromatic N) is 1. The van der Waals surface area contributed by atoms with Gasteiger partial charge in [-0.25, -0.2) is 0 Å². The van der Waals surface area contributed by atoms with Gasteiger partial charge in [0.15, 0.2) is 0 Å². The molecule has 1 saturated heterocycles. The minimum Gasteiger partial charge on any atom is -0.399 e. The molecule has 0 unspecified atom stereocenters. The summed E-state index contributed by atoms with van der Waals surface area (Å²) in [5, 5.41) is 0. The first-order valence-corrected chi connectivity index (χ1v) is 16.1. The van der Waals surface area contributed by atoms with Crippen LogP contribution in [-0.2, 0) is 25.6 Å². The van der Waals surface area contributed by atoms with Gasteiger partial charge in [-0.1, -0.05) is 97.0 Å². The third-order valence-corrected chi connectivity index (χ3v) is 11.1. The quantitative estimate of drug-likeness (QED) is 0.219. The molecule has 3 aliphatic rings. The number of para-hydroxylation sites is 1. The Bertz CT molecular complexity index is 1790. The van der Waals surface area contributed by atoms with Gasteiger partial charge in [-0.15, -0.1) is 0 Å². The largest absolute Gasteiger partial charge is 0.494 e. The molecular formula is C40H46BNO2. The van der Waals surface area contributed by atoms with Crippen LogP contribution in [0.2, 0.25) is 0 Å². The van der Waals surface area contributed by atoms with E-state index in [9.17, 15) is 0 Å². The molecule has 0 amide bonds. The Morgan fingerprint density at radius 2 is 1.16 bits per heavy atom. The van der Waals surface area contributed by atoms with E-state index < -0.39 is 0 Å². The second-order valence-electron chi connectivity index (χ2n) is 16.2. The molecule has 0 N–H and O–H groups in total. The average molecular weight is 584 g/mol. The summed E-state index contributed by atoms with van der Waals surface area (Å²) >= 11 is 0. The Hall–Kier alpha value is -3.34. The van der Waals surface area contributed by atoms with E-state index in [1.165, 1.54) is 56.0 Å². The maximum absolute atomic E-state index is 6.46. The molecule has 4 heteroatoms. The highest BCUT2D eigenvalue weighted by atomic mass is 16.7. The van der Waals surface area contributed by atoms with Crippen LogP contribution in [0.4, 0.5) is 17.1 Å². The number of anilines is 3. The summed E-state index contributed by atoms with van der Waals surface area (Å²) in [5.74, 6) is 0. The maximum atomic E-state index is 6.46. The second-order valence-corrected chi connectivity index (χ2v) is 16.2. The lowest BCUT2D eigenvalue weighted by molar-refractivity contribution is 0.00578. The summed E-state index contributed by atoms with van der Waals surface area (Å²) in [4.78, 5) is 2.48. The number of benzene rings is 4. The number of rotatable bonds is 2. The van der Waals surface area contributed by atoms with Crippen molar-refractivity contribution < 1.29 is 9.31 Å². The predicted molar refractivity (Wildman–Crippen MR) is 185 cm³/mol. The fourth-order valence-corrected chi connectivity index (χ4v) is 7.46. The van der Waals surface area contributed by atoms with Crippen molar-refractivity contribution in [1.29, 1.82) is 0 Å². The fourth-order valence-electron chi connectivity index (χ4n) is 7.46. The van der Waals surface area contributed by atoms with Crippen LogP contribution >= 0.6 is 0 Å². The standard InChI is InChI=1S/C40H46BNO2/c1-36(2,3)25-16-19-27(20-17-25)42-34-15-13-12-14-30(34)37(4,5)33-23-29-28-21-18-26(41-43-39(8,9)40(10,11)44-41)22-31(28)38(6,7)32(29)24-35(33)42/h12-24H,1-11H3. The van der Waals surface area contributed by atoms with Crippen LogP contribution in [-0.4, -0.2) is 18.3 Å². The highest BCUT2D eigenvalue weighted by molar-refractivity contribution is 6.62. The summed E-state index contributed by atoms with van der Waals surface area (Å²) in [6.07, 6.45) is 0. The zero-order valence-electron chi connectivity index (χ0n) is 28.3. The van der Waals surface area contributed by atoms with Crippen molar-refractivity contribution in [3.63, 3.8) is 0 Å². The topological polar surface area (TPSA) is 21.7 Å². The molecule has 7 rings (SSSR count). The Morgan fingerprint density at radius 3 is 1.80 bits per heavy atom. The molecule has 0 spiro atoms. The zero-order chi connectivity index (χ0) is 31.6. The molecule has 226 valence electrons. The summed E-state index contributed by atoms with van der Waals surface area (Å²) in [6, 6.07) is 29.9. The lowest BCUT2D eigenvalue weighted by Gasteiger charge is -2.43. The molecule has 0 radical (unpaired) electrons. The molecule has 4 aromatic rings. The van der Waals surface area contributed by atoms with Crippen molar-refractivity contribution in [2.45, 2.75) is 104 Å². The molecule has 0 bridgehead atoms. The lowest BCUT2D eigenvalue weighted by Crippen LogP contribution is -2.41. The number of hydrogen-bond donors (Lipinski definition) is 0. The van der Waals surface area contributed by atoms with Crippen molar-refractivity contribution in [2.75, 3.05) is 4.90 Å². The van der Waals surface area contributed by atoms with Crippen molar-refractivity contribution >= 4 is 29.6 Å². The Morgan fingerprint density at radius 1 is 0.568 bits per heavy atom. The van der Waals surface area contributed by atoms with Crippen LogP contribution in [0.15, 0.2) is 78.9 Å². The normalized spacial score (nSPS) is 20.2. The number of fused-ring (bicyclic) bond motifs is 5. The predicted octanol–water partition coefficient (Wildman–Crippen LogP) is 9.70. The first-order chi connectivity index (χ1) is 20.4. The molecule has 44 heavy (non-hydrogen) atoms. The molecule has 0 saturated carbocycles. The molecular weight excluding hydrogens is 537 g/mol. The second kappa shape index (κ2) is 9.11. The van der Waals surface area contributed by atoms with Gasteiger partial charge in [-0.05, 0) is 108 Å². The van der Waals surface area contributed by atoms with Gasteiger partial charge in [0.1, 0.15) is 0 Å². The SMILES string of the molecule is CC(C)(C)c1ccc(N2c3ccccc3C(C)(C)c3cc4c(cc32)C(C)(C)c2cc(B3OC(C)(C)C(C)(C)O3)ccc2-4)cc1. The van der Waals surface area contributed by atoms with Crippen LogP contribution in [0, 0.1) is 0 Å². The van der Waals surface area contributed by atoms with Gasteiger partial charge in [0, 0.05) is 16.5 Å². The summed E-state index contributed by atoms with van der Waals surface area (Å²) in [5.41, 5.74) is 13.2. The van der Waals surface area contributed by atoms with E-state index in [1.54, 1.807) is 0 Å². The first kappa shape index (κ1) is 29.4. The molecule has 0 atom stereocenters. The van der Waals surface area contributed by atoms with E-state index in [2.05, 4.69) is 160 Å². The van der Waals surface area contributed by atoms with Crippen LogP contribution in [0.5, 0.6) is 0 Å². The minimum atomic E-state index is -0.377. The Kier molecular flexibility index (Phi) is 6.09. The van der Waals surface area contributed by atoms with Crippen LogP contribution in [0.3, 0.4) is 0 Å². The van der Waals surface area contributed by atoms with Gasteiger partial charge in [0.2, 0.25) is 0 Å². The molecule has 4 aromatic carbocycles. The van der Waals surface area contributed by atoms with Crippen LogP contribution in [0.25, 0.3) is 11.1 Å². The van der Waals surface area contributed by atoms with Gasteiger partial charge in [-0.3, -0.25) is 0 Å². The Labute approximate surface area is 264 Å². The van der Waals surface area contributed by atoms with E-state index in [-0.39, 0.29) is 34.6 Å². The summed E-state index contributed by atoms with van der Waals surface area (Å²) in [7, 11) is -0.377. The van der Waals surface area contributed by atoms with Gasteiger partial charge >= 0.3 is 7.12 Å². The van der Waals surface area contributed by atoms with Crippen LogP contribution in [0.1, 0.15) is 104 Å². The maximum Gasteiger partial charge on any atom is 0.494 e. The number of hydrogen-bond acceptors (Lipinski definition) is 3. The van der Waals surface area contributed by atoms with Gasteiger partial charge in [0.05, 0.1) is 22.6 Å². The fraction of sp³-hybridized carbons (Fsp3) is 0.400. The molecule has 1 fully saturated rings. The minimum absolute atomic E-state index is 0.105.